The first-order chi connectivity index (χ1) is 13.0. The molecule has 2 fully saturated rings. The Morgan fingerprint density at radius 3 is 2.11 bits per heavy atom. The highest BCUT2D eigenvalue weighted by Gasteiger charge is 2.34. The van der Waals surface area contributed by atoms with Gasteiger partial charge in [0.2, 0.25) is 5.82 Å². The van der Waals surface area contributed by atoms with E-state index in [-0.39, 0.29) is 17.2 Å². The topological polar surface area (TPSA) is 29.5 Å². The molecule has 1 aromatic carbocycles. The van der Waals surface area contributed by atoms with Crippen LogP contribution in [0.4, 0.5) is 8.78 Å². The van der Waals surface area contributed by atoms with Crippen LogP contribution in [0.1, 0.15) is 82.8 Å². The van der Waals surface area contributed by atoms with E-state index in [9.17, 15) is 13.9 Å². The van der Waals surface area contributed by atoms with Crippen LogP contribution in [0.5, 0.6) is 5.75 Å². The van der Waals surface area contributed by atoms with Gasteiger partial charge in [-0.2, -0.15) is 4.39 Å². The smallest absolute Gasteiger partial charge is 0.200 e. The minimum atomic E-state index is -1.01. The summed E-state index contributed by atoms with van der Waals surface area (Å²) in [4.78, 5) is 0. The predicted molar refractivity (Wildman–Crippen MR) is 104 cm³/mol. The largest absolute Gasteiger partial charge is 0.494 e. The molecule has 0 heterocycles. The van der Waals surface area contributed by atoms with Crippen LogP contribution >= 0.6 is 0 Å². The Balaban J connectivity index is 1.54. The third kappa shape index (κ3) is 4.64. The van der Waals surface area contributed by atoms with Gasteiger partial charge in [-0.3, -0.25) is 0 Å². The van der Waals surface area contributed by atoms with Crippen LogP contribution in [0.25, 0.3) is 0 Å². The first-order valence-electron chi connectivity index (χ1n) is 10.7. The molecule has 0 amide bonds. The number of aliphatic hydroxyl groups is 1. The lowest BCUT2D eigenvalue weighted by Gasteiger charge is -2.39. The summed E-state index contributed by atoms with van der Waals surface area (Å²) >= 11 is 0. The van der Waals surface area contributed by atoms with E-state index in [1.807, 2.05) is 0 Å². The number of aliphatic hydroxyl groups excluding tert-OH is 1. The summed E-state index contributed by atoms with van der Waals surface area (Å²) in [5.74, 6) is 0.410. The predicted octanol–water partition coefficient (Wildman–Crippen LogP) is 6.42. The van der Waals surface area contributed by atoms with E-state index >= 15 is 0 Å². The molecule has 1 aromatic rings. The summed E-state index contributed by atoms with van der Waals surface area (Å²) in [7, 11) is 1.31. The van der Waals surface area contributed by atoms with Gasteiger partial charge in [0.15, 0.2) is 11.6 Å². The highest BCUT2D eigenvalue weighted by molar-refractivity contribution is 5.32. The second kappa shape index (κ2) is 9.36. The van der Waals surface area contributed by atoms with Gasteiger partial charge in [0.25, 0.3) is 0 Å². The zero-order chi connectivity index (χ0) is 19.4. The van der Waals surface area contributed by atoms with Gasteiger partial charge in [-0.15, -0.1) is 0 Å². The summed E-state index contributed by atoms with van der Waals surface area (Å²) in [5, 5.41) is 10.7. The molecular weight excluding hydrogens is 346 g/mol. The van der Waals surface area contributed by atoms with E-state index in [0.717, 1.165) is 43.4 Å². The minimum absolute atomic E-state index is 0.0139. The Hall–Kier alpha value is -1.16. The lowest BCUT2D eigenvalue weighted by Crippen LogP contribution is -2.28. The molecule has 2 nitrogen and oxygen atoms in total. The fourth-order valence-corrected chi connectivity index (χ4v) is 5.48. The van der Waals surface area contributed by atoms with Gasteiger partial charge in [-0.05, 0) is 74.3 Å². The number of methoxy groups -OCH3 is 1. The van der Waals surface area contributed by atoms with Gasteiger partial charge in [0.1, 0.15) is 0 Å². The molecule has 27 heavy (non-hydrogen) atoms. The summed E-state index contributed by atoms with van der Waals surface area (Å²) < 4.78 is 33.1. The van der Waals surface area contributed by atoms with Crippen molar-refractivity contribution in [3.8, 4) is 5.75 Å². The van der Waals surface area contributed by atoms with E-state index in [4.69, 9.17) is 4.74 Å². The van der Waals surface area contributed by atoms with Crippen molar-refractivity contribution >= 4 is 0 Å². The zero-order valence-corrected chi connectivity index (χ0v) is 16.7. The summed E-state index contributed by atoms with van der Waals surface area (Å²) in [6.07, 6.45) is 11.2. The van der Waals surface area contributed by atoms with Gasteiger partial charge in [0.05, 0.1) is 13.2 Å². The SMILES string of the molecule is CCCC1CCC(C2CCC(C(O)c3ccc(OC)c(F)c3F)CC2)CC1. The molecule has 4 heteroatoms. The molecule has 0 aliphatic heterocycles. The average molecular weight is 381 g/mol. The van der Waals surface area contributed by atoms with Gasteiger partial charge < -0.3 is 9.84 Å². The normalized spacial score (nSPS) is 30.1. The van der Waals surface area contributed by atoms with Crippen LogP contribution < -0.4 is 4.74 Å². The molecule has 0 aromatic heterocycles. The van der Waals surface area contributed by atoms with Crippen molar-refractivity contribution in [1.29, 1.82) is 0 Å². The zero-order valence-electron chi connectivity index (χ0n) is 16.7. The molecule has 2 aliphatic rings. The van der Waals surface area contributed by atoms with Crippen molar-refractivity contribution in [2.45, 2.75) is 77.2 Å². The molecule has 1 atom stereocenters. The second-order valence-corrected chi connectivity index (χ2v) is 8.67. The number of rotatable bonds is 6. The maximum atomic E-state index is 14.3. The highest BCUT2D eigenvalue weighted by Crippen LogP contribution is 2.45. The van der Waals surface area contributed by atoms with Crippen molar-refractivity contribution in [3.05, 3.63) is 29.3 Å². The molecule has 3 rings (SSSR count). The fourth-order valence-electron chi connectivity index (χ4n) is 5.48. The number of hydrogen-bond donors (Lipinski definition) is 1. The summed E-state index contributed by atoms with van der Waals surface area (Å²) in [6, 6.07) is 2.86. The fraction of sp³-hybridized carbons (Fsp3) is 0.739. The van der Waals surface area contributed by atoms with E-state index in [2.05, 4.69) is 6.92 Å². The van der Waals surface area contributed by atoms with Crippen LogP contribution in [-0.2, 0) is 0 Å². The summed E-state index contributed by atoms with van der Waals surface area (Å²) in [6.45, 7) is 2.27. The lowest BCUT2D eigenvalue weighted by molar-refractivity contribution is 0.0535. The van der Waals surface area contributed by atoms with Gasteiger partial charge in [0, 0.05) is 5.56 Å². The Kier molecular flexibility index (Phi) is 7.13. The van der Waals surface area contributed by atoms with Crippen molar-refractivity contribution in [2.24, 2.45) is 23.7 Å². The van der Waals surface area contributed by atoms with Crippen LogP contribution in [0.15, 0.2) is 12.1 Å². The molecule has 152 valence electrons. The standard InChI is InChI=1S/C23H34F2O2/c1-3-4-15-5-7-16(8-6-15)17-9-11-18(12-10-17)23(26)19-13-14-20(27-2)22(25)21(19)24/h13-18,23,26H,3-12H2,1-2H3. The van der Waals surface area contributed by atoms with E-state index < -0.39 is 17.7 Å². The number of benzene rings is 1. The van der Waals surface area contributed by atoms with Crippen LogP contribution in [0, 0.1) is 35.3 Å². The molecule has 2 aliphatic carbocycles. The Morgan fingerprint density at radius 1 is 0.963 bits per heavy atom. The first-order valence-corrected chi connectivity index (χ1v) is 10.7. The van der Waals surface area contributed by atoms with E-state index in [0.29, 0.717) is 0 Å². The number of ether oxygens (including phenoxy) is 1. The van der Waals surface area contributed by atoms with Gasteiger partial charge in [-0.1, -0.05) is 32.6 Å². The molecule has 0 bridgehead atoms. The third-order valence-electron chi connectivity index (χ3n) is 7.13. The van der Waals surface area contributed by atoms with Crippen molar-refractivity contribution in [2.75, 3.05) is 7.11 Å². The van der Waals surface area contributed by atoms with Crippen molar-refractivity contribution < 1.29 is 18.6 Å². The maximum absolute atomic E-state index is 14.3. The Labute approximate surface area is 162 Å². The minimum Gasteiger partial charge on any atom is -0.494 e. The number of halogens is 2. The monoisotopic (exact) mass is 380 g/mol. The van der Waals surface area contributed by atoms with Gasteiger partial charge in [-0.25, -0.2) is 4.39 Å². The quantitative estimate of drug-likeness (QED) is 0.617. The summed E-state index contributed by atoms with van der Waals surface area (Å²) in [5.41, 5.74) is 0.0665. The Morgan fingerprint density at radius 2 is 1.56 bits per heavy atom. The molecule has 0 saturated heterocycles. The van der Waals surface area contributed by atoms with Crippen molar-refractivity contribution in [1.82, 2.24) is 0 Å². The van der Waals surface area contributed by atoms with Crippen LogP contribution in [0.2, 0.25) is 0 Å². The molecule has 0 spiro atoms. The van der Waals surface area contributed by atoms with Crippen LogP contribution in [0.3, 0.4) is 0 Å². The third-order valence-corrected chi connectivity index (χ3v) is 7.13. The molecule has 1 unspecified atom stereocenters. The van der Waals surface area contributed by atoms with E-state index in [1.165, 1.54) is 57.8 Å². The number of hydrogen-bond acceptors (Lipinski definition) is 2. The molecule has 0 radical (unpaired) electrons. The Bertz CT molecular complexity index is 603. The molecular formula is C23H34F2O2. The van der Waals surface area contributed by atoms with Crippen LogP contribution in [-0.4, -0.2) is 12.2 Å². The first kappa shape index (κ1) is 20.6. The van der Waals surface area contributed by atoms with Crippen molar-refractivity contribution in [3.63, 3.8) is 0 Å². The molecule has 1 N–H and O–H groups in total. The highest BCUT2D eigenvalue weighted by atomic mass is 19.2. The lowest BCUT2D eigenvalue weighted by atomic mass is 9.67. The second-order valence-electron chi connectivity index (χ2n) is 8.67. The van der Waals surface area contributed by atoms with Gasteiger partial charge >= 0.3 is 0 Å². The van der Waals surface area contributed by atoms with E-state index in [1.54, 1.807) is 0 Å². The maximum Gasteiger partial charge on any atom is 0.200 e. The average Bonchev–Trinajstić information content (AvgIpc) is 2.70. The molecule has 2 saturated carbocycles.